The molecule has 0 bridgehead atoms. The van der Waals surface area contributed by atoms with Gasteiger partial charge in [-0.15, -0.1) is 0 Å². The molecular formula is C22H30ClPZr. The van der Waals surface area contributed by atoms with Crippen LogP contribution in [0.5, 0.6) is 0 Å². The Morgan fingerprint density at radius 1 is 0.840 bits per heavy atom. The van der Waals surface area contributed by atoms with Gasteiger partial charge in [-0.1, -0.05) is 0 Å². The van der Waals surface area contributed by atoms with Crippen molar-refractivity contribution < 1.29 is 21.5 Å². The van der Waals surface area contributed by atoms with E-state index in [1.807, 2.05) is 0 Å². The Kier molecular flexibility index (Phi) is 7.70. The van der Waals surface area contributed by atoms with Crippen molar-refractivity contribution in [2.24, 2.45) is 0 Å². The molecule has 0 nitrogen and oxygen atoms in total. The van der Waals surface area contributed by atoms with E-state index in [2.05, 4.69) is 96.1 Å². The Morgan fingerprint density at radius 3 is 1.68 bits per heavy atom. The number of aryl methyl sites for hydroxylation is 2. The third-order valence-electron chi connectivity index (χ3n) is 5.17. The van der Waals surface area contributed by atoms with Crippen molar-refractivity contribution in [3.8, 4) is 0 Å². The Morgan fingerprint density at radius 2 is 1.28 bits per heavy atom. The zero-order chi connectivity index (χ0) is 18.6. The maximum atomic E-state index is 6.87. The van der Waals surface area contributed by atoms with Crippen molar-refractivity contribution in [3.63, 3.8) is 0 Å². The van der Waals surface area contributed by atoms with E-state index in [9.17, 15) is 0 Å². The molecule has 0 aliphatic carbocycles. The van der Waals surface area contributed by atoms with Crippen molar-refractivity contribution in [2.45, 2.75) is 52.9 Å². The van der Waals surface area contributed by atoms with Crippen LogP contribution >= 0.6 is 13.1 Å². The summed E-state index contributed by atoms with van der Waals surface area (Å²) in [6, 6.07) is 17.9. The average molecular weight is 452 g/mol. The molecule has 0 radical (unpaired) electrons. The van der Waals surface area contributed by atoms with Gasteiger partial charge in [0.1, 0.15) is 0 Å². The van der Waals surface area contributed by atoms with Crippen molar-refractivity contribution in [1.29, 1.82) is 0 Å². The molecule has 0 amide bonds. The number of halogens is 1. The molecule has 0 aromatic heterocycles. The molecule has 0 unspecified atom stereocenters. The summed E-state index contributed by atoms with van der Waals surface area (Å²) in [5.41, 5.74) is 6.61. The molecule has 25 heavy (non-hydrogen) atoms. The monoisotopic (exact) mass is 450 g/mol. The first-order chi connectivity index (χ1) is 11.8. The molecule has 0 aliphatic rings. The molecule has 2 aromatic rings. The topological polar surface area (TPSA) is 0 Å². The molecule has 134 valence electrons. The third-order valence-corrected chi connectivity index (χ3v) is 28.8. The number of benzene rings is 2. The number of rotatable bonds is 6. The van der Waals surface area contributed by atoms with Gasteiger partial charge in [-0.25, -0.2) is 0 Å². The van der Waals surface area contributed by atoms with Crippen LogP contribution in [0.2, 0.25) is 0 Å². The van der Waals surface area contributed by atoms with Gasteiger partial charge < -0.3 is 0 Å². The van der Waals surface area contributed by atoms with Crippen LogP contribution in [0.15, 0.2) is 48.5 Å². The van der Waals surface area contributed by atoms with E-state index in [1.54, 1.807) is 5.31 Å². The first-order valence-electron chi connectivity index (χ1n) is 9.05. The van der Waals surface area contributed by atoms with E-state index in [0.29, 0.717) is 11.3 Å². The summed E-state index contributed by atoms with van der Waals surface area (Å²) in [5.74, 6) is 0. The van der Waals surface area contributed by atoms with Crippen LogP contribution in [-0.2, 0) is 21.5 Å². The van der Waals surface area contributed by atoms with E-state index in [1.165, 1.54) is 22.3 Å². The molecule has 0 spiro atoms. The first-order valence-corrected chi connectivity index (χ1v) is 18.1. The predicted octanol–water partition coefficient (Wildman–Crippen LogP) is 7.52. The van der Waals surface area contributed by atoms with E-state index in [4.69, 9.17) is 8.51 Å². The van der Waals surface area contributed by atoms with Gasteiger partial charge in [-0.3, -0.25) is 0 Å². The van der Waals surface area contributed by atoms with Gasteiger partial charge in [0.15, 0.2) is 0 Å². The molecular weight excluding hydrogens is 422 g/mol. The molecule has 0 N–H and O–H groups in total. The average Bonchev–Trinajstić information content (AvgIpc) is 2.57. The quantitative estimate of drug-likeness (QED) is 0.314. The molecule has 0 fully saturated rings. The van der Waals surface area contributed by atoms with E-state index < -0.39 is 26.0 Å². The molecule has 0 saturated heterocycles. The normalized spacial score (nSPS) is 13.4. The summed E-state index contributed by atoms with van der Waals surface area (Å²) in [4.78, 5) is 0. The standard InChI is InChI=1S/C22H29P.ClH.Zr/c1-16(2)23(17(3)4)22(21-13-9-19(6)10-14-21)15-20-11-7-18(5)8-12-20;;/h7-17H,1-6H3;1H;. The SMILES string of the molecule is Cc1ccc(C=C(c2ccc(C)cc2)[PH]([Zr][Cl])(C(C)C)C(C)C)cc1. The fourth-order valence-electron chi connectivity index (χ4n) is 3.56. The number of hydrogen-bond donors (Lipinski definition) is 0. The van der Waals surface area contributed by atoms with Gasteiger partial charge in [0, 0.05) is 0 Å². The van der Waals surface area contributed by atoms with Crippen LogP contribution in [0.4, 0.5) is 0 Å². The first kappa shape index (κ1) is 21.1. The maximum absolute atomic E-state index is 6.87. The van der Waals surface area contributed by atoms with E-state index in [0.717, 1.165) is 0 Å². The fraction of sp³-hybridized carbons (Fsp3) is 0.364. The van der Waals surface area contributed by atoms with Crippen LogP contribution in [0.1, 0.15) is 49.9 Å². The molecule has 0 saturated carbocycles. The summed E-state index contributed by atoms with van der Waals surface area (Å²) >= 11 is -0.972. The Bertz CT molecular complexity index is 707. The summed E-state index contributed by atoms with van der Waals surface area (Å²) in [7, 11) is 6.87. The summed E-state index contributed by atoms with van der Waals surface area (Å²) in [6.07, 6.45) is 2.44. The minimum atomic E-state index is -1.71. The van der Waals surface area contributed by atoms with Crippen LogP contribution in [0, 0.1) is 13.8 Å². The second-order valence-electron chi connectivity index (χ2n) is 7.61. The van der Waals surface area contributed by atoms with E-state index in [-0.39, 0.29) is 0 Å². The molecule has 2 rings (SSSR count). The molecule has 3 heteroatoms. The summed E-state index contributed by atoms with van der Waals surface area (Å²) in [6.45, 7) is 13.9. The second-order valence-corrected chi connectivity index (χ2v) is 23.2. The van der Waals surface area contributed by atoms with Gasteiger partial charge in [-0.2, -0.15) is 0 Å². The van der Waals surface area contributed by atoms with Crippen molar-refractivity contribution >= 4 is 24.5 Å². The summed E-state index contributed by atoms with van der Waals surface area (Å²) in [5, 5.41) is 1.56. The van der Waals surface area contributed by atoms with Gasteiger partial charge in [0.05, 0.1) is 0 Å². The number of hydrogen-bond acceptors (Lipinski definition) is 0. The Labute approximate surface area is 168 Å². The van der Waals surface area contributed by atoms with Crippen LogP contribution < -0.4 is 0 Å². The zero-order valence-corrected chi connectivity index (χ0v) is 20.4. The van der Waals surface area contributed by atoms with E-state index >= 15 is 0 Å². The fourth-order valence-corrected chi connectivity index (χ4v) is 22.8. The zero-order valence-electron chi connectivity index (χ0n) is 16.2. The van der Waals surface area contributed by atoms with Crippen LogP contribution in [-0.4, -0.2) is 11.3 Å². The third kappa shape index (κ3) is 4.74. The van der Waals surface area contributed by atoms with Crippen molar-refractivity contribution in [2.75, 3.05) is 0 Å². The molecule has 0 atom stereocenters. The van der Waals surface area contributed by atoms with Crippen LogP contribution in [0.25, 0.3) is 11.4 Å². The van der Waals surface area contributed by atoms with Gasteiger partial charge in [-0.05, 0) is 0 Å². The summed E-state index contributed by atoms with van der Waals surface area (Å²) < 4.78 is -1.71. The van der Waals surface area contributed by atoms with Crippen LogP contribution in [0.3, 0.4) is 0 Å². The van der Waals surface area contributed by atoms with Gasteiger partial charge in [0.2, 0.25) is 0 Å². The molecule has 0 heterocycles. The minimum absolute atomic E-state index is 0.662. The van der Waals surface area contributed by atoms with Crippen molar-refractivity contribution in [1.82, 2.24) is 0 Å². The van der Waals surface area contributed by atoms with Gasteiger partial charge in [0.25, 0.3) is 0 Å². The van der Waals surface area contributed by atoms with Gasteiger partial charge >= 0.3 is 170 Å². The molecule has 0 aliphatic heterocycles. The molecule has 2 aromatic carbocycles. The Hall–Kier alpha value is -0.217. The Balaban J connectivity index is 2.70. The van der Waals surface area contributed by atoms with Crippen molar-refractivity contribution in [3.05, 3.63) is 70.8 Å². The predicted molar refractivity (Wildman–Crippen MR) is 115 cm³/mol. The second kappa shape index (κ2) is 9.12.